The van der Waals surface area contributed by atoms with Gasteiger partial charge < -0.3 is 0 Å². The first-order valence-electron chi connectivity index (χ1n) is 8.64. The Morgan fingerprint density at radius 2 is 1.78 bits per heavy atom. The molecule has 1 N–H and O–H groups in total. The maximum atomic E-state index is 12.5. The van der Waals surface area contributed by atoms with Crippen LogP contribution in [-0.4, -0.2) is 23.2 Å². The molecule has 0 amide bonds. The predicted octanol–water partition coefficient (Wildman–Crippen LogP) is 4.29. The first kappa shape index (κ1) is 19.4. The lowest BCUT2D eigenvalue weighted by Gasteiger charge is -2.10. The summed E-state index contributed by atoms with van der Waals surface area (Å²) < 4.78 is 29.1. The van der Waals surface area contributed by atoms with Crippen LogP contribution in [0.2, 0.25) is 5.02 Å². The number of hydrogen-bond acceptors (Lipinski definition) is 4. The highest BCUT2D eigenvalue weighted by atomic mass is 35.5. The second kappa shape index (κ2) is 8.10. The number of anilines is 1. The summed E-state index contributed by atoms with van der Waals surface area (Å²) in [6.45, 7) is 4.68. The molecule has 2 aromatic carbocycles. The predicted molar refractivity (Wildman–Crippen MR) is 107 cm³/mol. The van der Waals surface area contributed by atoms with E-state index in [0.29, 0.717) is 17.5 Å². The Labute approximate surface area is 164 Å². The van der Waals surface area contributed by atoms with Crippen molar-refractivity contribution in [3.05, 3.63) is 71.0 Å². The van der Waals surface area contributed by atoms with Gasteiger partial charge >= 0.3 is 0 Å². The molecule has 0 spiro atoms. The van der Waals surface area contributed by atoms with E-state index in [9.17, 15) is 8.42 Å². The molecule has 0 bridgehead atoms. The van der Waals surface area contributed by atoms with Gasteiger partial charge in [-0.3, -0.25) is 0 Å². The number of hydrogen-bond donors (Lipinski definition) is 1. The minimum Gasteiger partial charge on any atom is -0.246 e. The fourth-order valence-corrected chi connectivity index (χ4v) is 3.66. The van der Waals surface area contributed by atoms with Gasteiger partial charge in [0.2, 0.25) is 0 Å². The molecule has 0 saturated heterocycles. The quantitative estimate of drug-likeness (QED) is 0.637. The molecule has 6 nitrogen and oxygen atoms in total. The van der Waals surface area contributed by atoms with Crippen molar-refractivity contribution in [1.29, 1.82) is 0 Å². The molecule has 3 aromatic rings. The van der Waals surface area contributed by atoms with Crippen LogP contribution in [0.5, 0.6) is 0 Å². The van der Waals surface area contributed by atoms with Crippen LogP contribution in [-0.2, 0) is 16.6 Å². The molecular formula is C19H21ClN4O2S. The van der Waals surface area contributed by atoms with E-state index in [4.69, 9.17) is 11.6 Å². The Hall–Kier alpha value is -2.38. The average molecular weight is 405 g/mol. The number of rotatable bonds is 7. The SMILES string of the molecule is CCC(C)c1ccc(S(=O)(=O)Nc2ncn(Cc3ccc(Cl)cc3)n2)cc1. The van der Waals surface area contributed by atoms with Crippen LogP contribution in [0, 0.1) is 0 Å². The summed E-state index contributed by atoms with van der Waals surface area (Å²) in [5.41, 5.74) is 2.10. The van der Waals surface area contributed by atoms with Crippen molar-refractivity contribution in [3.63, 3.8) is 0 Å². The van der Waals surface area contributed by atoms with E-state index in [1.54, 1.807) is 28.9 Å². The zero-order valence-corrected chi connectivity index (χ0v) is 16.7. The monoisotopic (exact) mass is 404 g/mol. The maximum Gasteiger partial charge on any atom is 0.264 e. The van der Waals surface area contributed by atoms with E-state index in [2.05, 4.69) is 28.7 Å². The van der Waals surface area contributed by atoms with Gasteiger partial charge in [-0.15, -0.1) is 5.10 Å². The summed E-state index contributed by atoms with van der Waals surface area (Å²) in [4.78, 5) is 4.22. The zero-order chi connectivity index (χ0) is 19.4. The number of nitrogens with one attached hydrogen (secondary N) is 1. The van der Waals surface area contributed by atoms with Gasteiger partial charge in [0, 0.05) is 5.02 Å². The Morgan fingerprint density at radius 3 is 2.41 bits per heavy atom. The smallest absolute Gasteiger partial charge is 0.246 e. The van der Waals surface area contributed by atoms with Crippen molar-refractivity contribution in [2.75, 3.05) is 4.72 Å². The van der Waals surface area contributed by atoms with Crippen LogP contribution >= 0.6 is 11.6 Å². The number of halogens is 1. The summed E-state index contributed by atoms with van der Waals surface area (Å²) in [5.74, 6) is 0.426. The van der Waals surface area contributed by atoms with Crippen molar-refractivity contribution < 1.29 is 8.42 Å². The van der Waals surface area contributed by atoms with Crippen LogP contribution in [0.15, 0.2) is 59.8 Å². The van der Waals surface area contributed by atoms with Gasteiger partial charge in [-0.1, -0.05) is 49.7 Å². The number of sulfonamides is 1. The zero-order valence-electron chi connectivity index (χ0n) is 15.1. The minimum absolute atomic E-state index is 0.0370. The van der Waals surface area contributed by atoms with E-state index < -0.39 is 10.0 Å². The summed E-state index contributed by atoms with van der Waals surface area (Å²) in [6, 6.07) is 14.2. The molecule has 0 radical (unpaired) electrons. The second-order valence-corrected chi connectivity index (χ2v) is 8.49. The largest absolute Gasteiger partial charge is 0.264 e. The van der Waals surface area contributed by atoms with E-state index in [1.165, 1.54) is 6.33 Å². The molecule has 142 valence electrons. The summed E-state index contributed by atoms with van der Waals surface area (Å²) in [7, 11) is -3.73. The lowest BCUT2D eigenvalue weighted by atomic mass is 9.99. The number of aromatic nitrogens is 3. The summed E-state index contributed by atoms with van der Waals surface area (Å²) >= 11 is 5.87. The van der Waals surface area contributed by atoms with Crippen LogP contribution in [0.3, 0.4) is 0 Å². The van der Waals surface area contributed by atoms with Crippen LogP contribution in [0.25, 0.3) is 0 Å². The molecule has 0 saturated carbocycles. The number of benzene rings is 2. The molecule has 1 heterocycles. The van der Waals surface area contributed by atoms with Crippen molar-refractivity contribution >= 4 is 27.6 Å². The van der Waals surface area contributed by atoms with Gasteiger partial charge in [0.05, 0.1) is 11.4 Å². The van der Waals surface area contributed by atoms with E-state index >= 15 is 0 Å². The van der Waals surface area contributed by atoms with Crippen molar-refractivity contribution in [2.45, 2.75) is 37.6 Å². The normalized spacial score (nSPS) is 12.7. The summed E-state index contributed by atoms with van der Waals surface area (Å²) in [6.07, 6.45) is 2.48. The van der Waals surface area contributed by atoms with Crippen molar-refractivity contribution in [3.8, 4) is 0 Å². The average Bonchev–Trinajstić information content (AvgIpc) is 3.09. The van der Waals surface area contributed by atoms with Crippen LogP contribution in [0.1, 0.15) is 37.3 Å². The molecular weight excluding hydrogens is 384 g/mol. The first-order valence-corrected chi connectivity index (χ1v) is 10.5. The molecule has 0 fully saturated rings. The number of nitrogens with zero attached hydrogens (tertiary/aromatic N) is 3. The highest BCUT2D eigenvalue weighted by molar-refractivity contribution is 7.92. The van der Waals surface area contributed by atoms with E-state index in [-0.39, 0.29) is 10.8 Å². The topological polar surface area (TPSA) is 76.9 Å². The lowest BCUT2D eigenvalue weighted by Crippen LogP contribution is -2.14. The first-order chi connectivity index (χ1) is 12.9. The van der Waals surface area contributed by atoms with Crippen molar-refractivity contribution in [1.82, 2.24) is 14.8 Å². The van der Waals surface area contributed by atoms with E-state index in [1.807, 2.05) is 24.3 Å². The molecule has 0 aliphatic rings. The van der Waals surface area contributed by atoms with Gasteiger partial charge in [-0.05, 0) is 47.7 Å². The third kappa shape index (κ3) is 4.87. The van der Waals surface area contributed by atoms with Gasteiger partial charge in [-0.25, -0.2) is 17.8 Å². The molecule has 0 aliphatic heterocycles. The fraction of sp³-hybridized carbons (Fsp3) is 0.263. The van der Waals surface area contributed by atoms with Gasteiger partial charge in [0.25, 0.3) is 16.0 Å². The minimum atomic E-state index is -3.73. The van der Waals surface area contributed by atoms with Crippen molar-refractivity contribution in [2.24, 2.45) is 0 Å². The van der Waals surface area contributed by atoms with Crippen LogP contribution in [0.4, 0.5) is 5.95 Å². The molecule has 1 atom stereocenters. The van der Waals surface area contributed by atoms with E-state index in [0.717, 1.165) is 17.5 Å². The van der Waals surface area contributed by atoms with Gasteiger partial charge in [-0.2, -0.15) is 4.98 Å². The standard InChI is InChI=1S/C19H21ClN4O2S/c1-3-14(2)16-6-10-18(11-7-16)27(25,26)23-19-21-13-24(22-19)12-15-4-8-17(20)9-5-15/h4-11,13-14H,3,12H2,1-2H3,(H,22,23). The molecule has 8 heteroatoms. The molecule has 3 rings (SSSR count). The third-order valence-electron chi connectivity index (χ3n) is 4.39. The molecule has 0 aliphatic carbocycles. The van der Waals surface area contributed by atoms with Gasteiger partial charge in [0.15, 0.2) is 0 Å². The Morgan fingerprint density at radius 1 is 1.11 bits per heavy atom. The highest BCUT2D eigenvalue weighted by Gasteiger charge is 2.17. The maximum absolute atomic E-state index is 12.5. The Balaban J connectivity index is 1.70. The Bertz CT molecular complexity index is 999. The molecule has 27 heavy (non-hydrogen) atoms. The van der Waals surface area contributed by atoms with Gasteiger partial charge in [0.1, 0.15) is 6.33 Å². The third-order valence-corrected chi connectivity index (χ3v) is 5.99. The second-order valence-electron chi connectivity index (χ2n) is 6.38. The van der Waals surface area contributed by atoms with Crippen LogP contribution < -0.4 is 4.72 Å². The fourth-order valence-electron chi connectivity index (χ4n) is 2.58. The Kier molecular flexibility index (Phi) is 5.82. The molecule has 1 unspecified atom stereocenters. The lowest BCUT2D eigenvalue weighted by molar-refractivity contribution is 0.600. The highest BCUT2D eigenvalue weighted by Crippen LogP contribution is 2.21. The summed E-state index contributed by atoms with van der Waals surface area (Å²) in [5, 5.41) is 4.84. The molecule has 1 aromatic heterocycles.